The first kappa shape index (κ1) is 16.1. The summed E-state index contributed by atoms with van der Waals surface area (Å²) >= 11 is 1.73. The molecule has 1 aliphatic rings. The fraction of sp³-hybridized carbons (Fsp3) is 0.444. The molecular formula is C18H22N2O2S. The number of rotatable bonds is 4. The lowest BCUT2D eigenvalue weighted by atomic mass is 9.97. The first-order chi connectivity index (χ1) is 11.1. The Morgan fingerprint density at radius 2 is 2.13 bits per heavy atom. The molecule has 0 saturated carbocycles. The Labute approximate surface area is 140 Å². The summed E-state index contributed by atoms with van der Waals surface area (Å²) in [6, 6.07) is 7.79. The third-order valence-corrected chi connectivity index (χ3v) is 5.46. The van der Waals surface area contributed by atoms with Gasteiger partial charge in [-0.1, -0.05) is 12.5 Å². The van der Waals surface area contributed by atoms with Crippen LogP contribution in [0.25, 0.3) is 0 Å². The van der Waals surface area contributed by atoms with Gasteiger partial charge in [0.2, 0.25) is 0 Å². The molecule has 4 nitrogen and oxygen atoms in total. The van der Waals surface area contributed by atoms with Crippen molar-refractivity contribution in [2.75, 3.05) is 6.54 Å². The van der Waals surface area contributed by atoms with Crippen molar-refractivity contribution in [3.63, 3.8) is 0 Å². The van der Waals surface area contributed by atoms with Gasteiger partial charge in [0.15, 0.2) is 0 Å². The van der Waals surface area contributed by atoms with Crippen LogP contribution >= 0.6 is 11.3 Å². The largest absolute Gasteiger partial charge is 0.480 e. The molecule has 1 saturated heterocycles. The monoisotopic (exact) mass is 330 g/mol. The zero-order chi connectivity index (χ0) is 16.4. The zero-order valence-electron chi connectivity index (χ0n) is 13.5. The highest BCUT2D eigenvalue weighted by atomic mass is 32.1. The Kier molecular flexibility index (Phi) is 4.78. The highest BCUT2D eigenvalue weighted by Gasteiger charge is 2.36. The molecule has 2 aromatic rings. The average Bonchev–Trinajstić information content (AvgIpc) is 2.96. The van der Waals surface area contributed by atoms with Gasteiger partial charge in [-0.25, -0.2) is 0 Å². The van der Waals surface area contributed by atoms with E-state index in [1.54, 1.807) is 11.3 Å². The summed E-state index contributed by atoms with van der Waals surface area (Å²) in [6.45, 7) is 4.90. The molecule has 0 spiro atoms. The molecule has 23 heavy (non-hydrogen) atoms. The van der Waals surface area contributed by atoms with Gasteiger partial charge in [-0.3, -0.25) is 14.7 Å². The molecule has 2 aromatic heterocycles. The van der Waals surface area contributed by atoms with Crippen molar-refractivity contribution < 1.29 is 9.90 Å². The average molecular weight is 330 g/mol. The Morgan fingerprint density at radius 1 is 1.30 bits per heavy atom. The van der Waals surface area contributed by atoms with Gasteiger partial charge in [0, 0.05) is 22.5 Å². The number of aliphatic carboxylic acids is 1. The van der Waals surface area contributed by atoms with E-state index in [9.17, 15) is 9.90 Å². The molecule has 3 rings (SSSR count). The lowest BCUT2D eigenvalue weighted by Crippen LogP contribution is -2.46. The highest BCUT2D eigenvalue weighted by Crippen LogP contribution is 2.36. The van der Waals surface area contributed by atoms with Crippen LogP contribution in [0.2, 0.25) is 0 Å². The summed E-state index contributed by atoms with van der Waals surface area (Å²) in [7, 11) is 0. The highest BCUT2D eigenvalue weighted by molar-refractivity contribution is 7.12. The minimum Gasteiger partial charge on any atom is -0.480 e. The molecule has 2 unspecified atom stereocenters. The maximum Gasteiger partial charge on any atom is 0.320 e. The van der Waals surface area contributed by atoms with Crippen LogP contribution in [0.3, 0.4) is 0 Å². The van der Waals surface area contributed by atoms with Crippen LogP contribution in [0.1, 0.15) is 46.3 Å². The van der Waals surface area contributed by atoms with E-state index in [0.717, 1.165) is 30.6 Å². The molecule has 1 aliphatic heterocycles. The van der Waals surface area contributed by atoms with E-state index in [0.29, 0.717) is 6.42 Å². The molecule has 0 amide bonds. The quantitative estimate of drug-likeness (QED) is 0.927. The minimum atomic E-state index is -0.727. The standard InChI is InChI=1S/C18H22N2O2S/c1-12-6-8-14(19-11-12)17(16-9-7-13(2)23-16)20-10-4-3-5-15(20)18(21)22/h6-9,11,15,17H,3-5,10H2,1-2H3,(H,21,22). The molecule has 2 atom stereocenters. The van der Waals surface area contributed by atoms with Gasteiger partial charge < -0.3 is 5.11 Å². The summed E-state index contributed by atoms with van der Waals surface area (Å²) < 4.78 is 0. The van der Waals surface area contributed by atoms with Gasteiger partial charge in [0.1, 0.15) is 6.04 Å². The van der Waals surface area contributed by atoms with E-state index in [1.807, 2.05) is 19.2 Å². The first-order valence-electron chi connectivity index (χ1n) is 8.03. The van der Waals surface area contributed by atoms with Gasteiger partial charge in [-0.05, 0) is 50.5 Å². The molecule has 0 bridgehead atoms. The van der Waals surface area contributed by atoms with Crippen LogP contribution in [-0.4, -0.2) is 33.5 Å². The number of pyridine rings is 1. The summed E-state index contributed by atoms with van der Waals surface area (Å²) in [4.78, 5) is 20.9. The number of aryl methyl sites for hydroxylation is 2. The molecule has 5 heteroatoms. The fourth-order valence-electron chi connectivity index (χ4n) is 3.25. The van der Waals surface area contributed by atoms with Gasteiger partial charge in [-0.2, -0.15) is 0 Å². The number of nitrogens with zero attached hydrogens (tertiary/aromatic N) is 2. The van der Waals surface area contributed by atoms with Crippen LogP contribution in [-0.2, 0) is 4.79 Å². The number of carboxylic acids is 1. The van der Waals surface area contributed by atoms with E-state index >= 15 is 0 Å². The maximum atomic E-state index is 11.7. The second kappa shape index (κ2) is 6.81. The molecule has 0 aliphatic carbocycles. The van der Waals surface area contributed by atoms with Crippen LogP contribution < -0.4 is 0 Å². The van der Waals surface area contributed by atoms with Crippen molar-refractivity contribution in [2.24, 2.45) is 0 Å². The molecule has 1 N–H and O–H groups in total. The molecule has 1 fully saturated rings. The van der Waals surface area contributed by atoms with Crippen LogP contribution in [0, 0.1) is 13.8 Å². The summed E-state index contributed by atoms with van der Waals surface area (Å²) in [5.74, 6) is -0.727. The second-order valence-electron chi connectivity index (χ2n) is 6.20. The predicted molar refractivity (Wildman–Crippen MR) is 91.9 cm³/mol. The number of carbonyl (C=O) groups is 1. The number of likely N-dealkylation sites (tertiary alicyclic amines) is 1. The number of aromatic nitrogens is 1. The number of thiophene rings is 1. The molecule has 122 valence electrons. The normalized spacial score (nSPS) is 20.3. The fourth-order valence-corrected chi connectivity index (χ4v) is 4.26. The SMILES string of the molecule is Cc1ccc(C(c2ccc(C)s2)N2CCCCC2C(=O)O)nc1. The number of hydrogen-bond donors (Lipinski definition) is 1. The number of hydrogen-bond acceptors (Lipinski definition) is 4. The molecule has 0 aromatic carbocycles. The Morgan fingerprint density at radius 3 is 2.74 bits per heavy atom. The van der Waals surface area contributed by atoms with Crippen molar-refractivity contribution in [3.05, 3.63) is 51.5 Å². The van der Waals surface area contributed by atoms with Crippen molar-refractivity contribution >= 4 is 17.3 Å². The third-order valence-electron chi connectivity index (χ3n) is 4.41. The molecule has 3 heterocycles. The van der Waals surface area contributed by atoms with Gasteiger partial charge in [0.05, 0.1) is 11.7 Å². The molecular weight excluding hydrogens is 308 g/mol. The van der Waals surface area contributed by atoms with Crippen molar-refractivity contribution in [1.29, 1.82) is 0 Å². The second-order valence-corrected chi connectivity index (χ2v) is 7.52. The van der Waals surface area contributed by atoms with Gasteiger partial charge in [0.25, 0.3) is 0 Å². The number of piperidine rings is 1. The Hall–Kier alpha value is -1.72. The van der Waals surface area contributed by atoms with Gasteiger partial charge >= 0.3 is 5.97 Å². The van der Waals surface area contributed by atoms with Gasteiger partial charge in [-0.15, -0.1) is 11.3 Å². The topological polar surface area (TPSA) is 53.4 Å². The lowest BCUT2D eigenvalue weighted by Gasteiger charge is -2.38. The third kappa shape index (κ3) is 3.46. The van der Waals surface area contributed by atoms with Crippen molar-refractivity contribution in [2.45, 2.75) is 45.2 Å². The summed E-state index contributed by atoms with van der Waals surface area (Å²) in [5.41, 5.74) is 2.05. The van der Waals surface area contributed by atoms with E-state index in [1.165, 1.54) is 9.75 Å². The van der Waals surface area contributed by atoms with Crippen molar-refractivity contribution in [1.82, 2.24) is 9.88 Å². The smallest absolute Gasteiger partial charge is 0.320 e. The first-order valence-corrected chi connectivity index (χ1v) is 8.85. The van der Waals surface area contributed by atoms with Crippen molar-refractivity contribution in [3.8, 4) is 0 Å². The van der Waals surface area contributed by atoms with Crippen LogP contribution in [0.4, 0.5) is 0 Å². The van der Waals surface area contributed by atoms with E-state index in [2.05, 4.69) is 35.0 Å². The van der Waals surface area contributed by atoms with Crippen LogP contribution in [0.15, 0.2) is 30.5 Å². The zero-order valence-corrected chi connectivity index (χ0v) is 14.3. The van der Waals surface area contributed by atoms with E-state index < -0.39 is 12.0 Å². The minimum absolute atomic E-state index is 0.0734. The van der Waals surface area contributed by atoms with Crippen LogP contribution in [0.5, 0.6) is 0 Å². The Balaban J connectivity index is 2.03. The Bertz CT molecular complexity index is 681. The predicted octanol–water partition coefficient (Wildman–Crippen LogP) is 3.79. The summed E-state index contributed by atoms with van der Waals surface area (Å²) in [5, 5.41) is 9.64. The van der Waals surface area contributed by atoms with E-state index in [-0.39, 0.29) is 6.04 Å². The number of carboxylic acid groups (broad SMARTS) is 1. The van der Waals surface area contributed by atoms with E-state index in [4.69, 9.17) is 0 Å². The maximum absolute atomic E-state index is 11.7. The molecule has 0 radical (unpaired) electrons. The lowest BCUT2D eigenvalue weighted by molar-refractivity contribution is -0.145. The summed E-state index contributed by atoms with van der Waals surface area (Å²) in [6.07, 6.45) is 4.59.